The summed E-state index contributed by atoms with van der Waals surface area (Å²) in [4.78, 5) is 0. The molecular weight excluding hydrogens is 196 g/mol. The van der Waals surface area contributed by atoms with E-state index in [1.165, 1.54) is 16.7 Å². The second-order valence-corrected chi connectivity index (χ2v) is 4.23. The highest BCUT2D eigenvalue weighted by molar-refractivity contribution is 5.37. The van der Waals surface area contributed by atoms with E-state index in [1.807, 2.05) is 0 Å². The molecule has 0 fully saturated rings. The molecule has 2 heteroatoms. The smallest absolute Gasteiger partial charge is 0.0298 e. The summed E-state index contributed by atoms with van der Waals surface area (Å²) < 4.78 is 0. The molecule has 0 aliphatic heterocycles. The number of aryl methyl sites for hydroxylation is 1. The predicted octanol–water partition coefficient (Wildman–Crippen LogP) is 2.55. The van der Waals surface area contributed by atoms with Gasteiger partial charge < -0.3 is 11.5 Å². The minimum absolute atomic E-state index is 0.144. The quantitative estimate of drug-likeness (QED) is 0.774. The van der Waals surface area contributed by atoms with Gasteiger partial charge in [-0.1, -0.05) is 32.0 Å². The largest absolute Gasteiger partial charge is 0.330 e. The maximum atomic E-state index is 6.23. The van der Waals surface area contributed by atoms with Crippen molar-refractivity contribution in [1.29, 1.82) is 0 Å². The van der Waals surface area contributed by atoms with Crippen LogP contribution in [0.3, 0.4) is 0 Å². The van der Waals surface area contributed by atoms with Crippen molar-refractivity contribution in [3.05, 3.63) is 34.9 Å². The summed E-state index contributed by atoms with van der Waals surface area (Å²) >= 11 is 0. The fraction of sp³-hybridized carbons (Fsp3) is 0.571. The Hall–Kier alpha value is -0.860. The van der Waals surface area contributed by atoms with Crippen molar-refractivity contribution < 1.29 is 0 Å². The monoisotopic (exact) mass is 220 g/mol. The Labute approximate surface area is 99.0 Å². The molecule has 0 aliphatic rings. The highest BCUT2D eigenvalue weighted by atomic mass is 14.6. The first-order chi connectivity index (χ1) is 7.74. The van der Waals surface area contributed by atoms with Crippen LogP contribution in [-0.4, -0.2) is 6.54 Å². The summed E-state index contributed by atoms with van der Waals surface area (Å²) in [5, 5.41) is 0. The molecule has 16 heavy (non-hydrogen) atoms. The van der Waals surface area contributed by atoms with Crippen LogP contribution in [0.1, 0.15) is 49.4 Å². The first-order valence-electron chi connectivity index (χ1n) is 6.30. The molecule has 1 rings (SSSR count). The molecular formula is C14H24N2. The van der Waals surface area contributed by atoms with E-state index in [1.54, 1.807) is 0 Å². The van der Waals surface area contributed by atoms with Crippen molar-refractivity contribution in [2.75, 3.05) is 6.54 Å². The first kappa shape index (κ1) is 13.2. The van der Waals surface area contributed by atoms with Gasteiger partial charge in [-0.3, -0.25) is 0 Å². The molecule has 0 aliphatic carbocycles. The van der Waals surface area contributed by atoms with Gasteiger partial charge in [0.05, 0.1) is 0 Å². The molecule has 0 amide bonds. The molecule has 0 saturated carbocycles. The van der Waals surface area contributed by atoms with Crippen molar-refractivity contribution in [3.8, 4) is 0 Å². The topological polar surface area (TPSA) is 52.0 Å². The van der Waals surface area contributed by atoms with E-state index in [9.17, 15) is 0 Å². The predicted molar refractivity (Wildman–Crippen MR) is 70.4 cm³/mol. The molecule has 1 aromatic rings. The van der Waals surface area contributed by atoms with Crippen molar-refractivity contribution in [1.82, 2.24) is 0 Å². The molecule has 4 N–H and O–H groups in total. The van der Waals surface area contributed by atoms with Crippen LogP contribution >= 0.6 is 0 Å². The van der Waals surface area contributed by atoms with Gasteiger partial charge in [-0.25, -0.2) is 0 Å². The summed E-state index contributed by atoms with van der Waals surface area (Å²) in [6, 6.07) is 6.64. The summed E-state index contributed by atoms with van der Waals surface area (Å²) in [5.41, 5.74) is 15.9. The van der Waals surface area contributed by atoms with E-state index in [4.69, 9.17) is 11.5 Å². The highest BCUT2D eigenvalue weighted by Crippen LogP contribution is 2.24. The van der Waals surface area contributed by atoms with Gasteiger partial charge in [-0.15, -0.1) is 0 Å². The van der Waals surface area contributed by atoms with Gasteiger partial charge in [0.2, 0.25) is 0 Å². The molecule has 1 aromatic carbocycles. The Bertz CT molecular complexity index is 321. The zero-order valence-electron chi connectivity index (χ0n) is 10.5. The Balaban J connectivity index is 2.93. The van der Waals surface area contributed by atoms with Crippen molar-refractivity contribution in [3.63, 3.8) is 0 Å². The summed E-state index contributed by atoms with van der Waals surface area (Å²) in [7, 11) is 0. The van der Waals surface area contributed by atoms with E-state index >= 15 is 0 Å². The summed E-state index contributed by atoms with van der Waals surface area (Å²) in [5.74, 6) is 0. The average molecular weight is 220 g/mol. The summed E-state index contributed by atoms with van der Waals surface area (Å²) in [6.07, 6.45) is 4.13. The number of rotatable bonds is 6. The third-order valence-corrected chi connectivity index (χ3v) is 3.16. The lowest BCUT2D eigenvalue weighted by Gasteiger charge is -2.18. The Morgan fingerprint density at radius 3 is 2.50 bits per heavy atom. The van der Waals surface area contributed by atoms with Gasteiger partial charge >= 0.3 is 0 Å². The number of nitrogens with two attached hydrogens (primary N) is 2. The Kier molecular flexibility index (Phi) is 5.50. The van der Waals surface area contributed by atoms with Crippen molar-refractivity contribution in [2.45, 2.75) is 45.6 Å². The van der Waals surface area contributed by atoms with Crippen LogP contribution in [-0.2, 0) is 12.8 Å². The van der Waals surface area contributed by atoms with Crippen LogP contribution in [0.5, 0.6) is 0 Å². The van der Waals surface area contributed by atoms with Crippen LogP contribution in [0.4, 0.5) is 0 Å². The average Bonchev–Trinajstić information content (AvgIpc) is 2.34. The van der Waals surface area contributed by atoms with Crippen LogP contribution in [0, 0.1) is 0 Å². The first-order valence-corrected chi connectivity index (χ1v) is 6.30. The van der Waals surface area contributed by atoms with Gasteiger partial charge in [-0.2, -0.15) is 0 Å². The normalized spacial score (nSPS) is 12.8. The van der Waals surface area contributed by atoms with Crippen LogP contribution in [0.15, 0.2) is 18.2 Å². The fourth-order valence-corrected chi connectivity index (χ4v) is 2.26. The summed E-state index contributed by atoms with van der Waals surface area (Å²) in [6.45, 7) is 5.12. The zero-order valence-corrected chi connectivity index (χ0v) is 10.5. The zero-order chi connectivity index (χ0) is 12.0. The molecule has 1 unspecified atom stereocenters. The van der Waals surface area contributed by atoms with Crippen molar-refractivity contribution in [2.24, 2.45) is 11.5 Å². The van der Waals surface area contributed by atoms with E-state index in [2.05, 4.69) is 32.0 Å². The molecule has 0 radical (unpaired) electrons. The highest BCUT2D eigenvalue weighted by Gasteiger charge is 2.11. The number of benzene rings is 1. The van der Waals surface area contributed by atoms with E-state index in [0.717, 1.165) is 32.2 Å². The second-order valence-electron chi connectivity index (χ2n) is 4.23. The SMILES string of the molecule is CCc1cccc(C(N)CCCN)c1CC. The maximum absolute atomic E-state index is 6.23. The molecule has 0 saturated heterocycles. The standard InChI is InChI=1S/C14H24N2/c1-3-11-7-5-8-13(12(11)4-2)14(16)9-6-10-15/h5,7-8,14H,3-4,6,9-10,15-16H2,1-2H3. The molecule has 2 nitrogen and oxygen atoms in total. The van der Waals surface area contributed by atoms with Gasteiger partial charge in [-0.05, 0) is 48.9 Å². The third-order valence-electron chi connectivity index (χ3n) is 3.16. The molecule has 0 heterocycles. The van der Waals surface area contributed by atoms with Gasteiger partial charge in [0.1, 0.15) is 0 Å². The van der Waals surface area contributed by atoms with Crippen LogP contribution < -0.4 is 11.5 Å². The van der Waals surface area contributed by atoms with E-state index in [0.29, 0.717) is 0 Å². The minimum Gasteiger partial charge on any atom is -0.330 e. The van der Waals surface area contributed by atoms with Crippen LogP contribution in [0.25, 0.3) is 0 Å². The van der Waals surface area contributed by atoms with Gasteiger partial charge in [0.25, 0.3) is 0 Å². The third kappa shape index (κ3) is 3.06. The van der Waals surface area contributed by atoms with Crippen molar-refractivity contribution >= 4 is 0 Å². The van der Waals surface area contributed by atoms with Gasteiger partial charge in [0, 0.05) is 6.04 Å². The minimum atomic E-state index is 0.144. The van der Waals surface area contributed by atoms with E-state index in [-0.39, 0.29) is 6.04 Å². The molecule has 0 bridgehead atoms. The lowest BCUT2D eigenvalue weighted by atomic mass is 9.91. The number of hydrogen-bond donors (Lipinski definition) is 2. The number of hydrogen-bond acceptors (Lipinski definition) is 2. The maximum Gasteiger partial charge on any atom is 0.0298 e. The van der Waals surface area contributed by atoms with Crippen LogP contribution in [0.2, 0.25) is 0 Å². The molecule has 90 valence electrons. The molecule has 1 atom stereocenters. The second kappa shape index (κ2) is 6.66. The lowest BCUT2D eigenvalue weighted by molar-refractivity contribution is 0.612. The fourth-order valence-electron chi connectivity index (χ4n) is 2.26. The molecule has 0 aromatic heterocycles. The Morgan fingerprint density at radius 2 is 1.94 bits per heavy atom. The Morgan fingerprint density at radius 1 is 1.19 bits per heavy atom. The van der Waals surface area contributed by atoms with E-state index < -0.39 is 0 Å². The molecule has 0 spiro atoms. The van der Waals surface area contributed by atoms with Gasteiger partial charge in [0.15, 0.2) is 0 Å². The lowest BCUT2D eigenvalue weighted by Crippen LogP contribution is -2.15.